The molecule has 0 aliphatic heterocycles. The molecule has 0 amide bonds. The third-order valence-electron chi connectivity index (χ3n) is 14.8. The molecule has 0 radical (unpaired) electrons. The lowest BCUT2D eigenvalue weighted by Gasteiger charge is -2.20. The van der Waals surface area contributed by atoms with Gasteiger partial charge in [-0.25, -0.2) is 0 Å². The van der Waals surface area contributed by atoms with Gasteiger partial charge in [0.25, 0.3) is 0 Å². The van der Waals surface area contributed by atoms with Crippen molar-refractivity contribution >= 4 is 119 Å². The summed E-state index contributed by atoms with van der Waals surface area (Å²) in [6, 6.07) is -50.5. The quantitative estimate of drug-likeness (QED) is 0.155. The van der Waals surface area contributed by atoms with E-state index in [1.165, 1.54) is 0 Å². The predicted molar refractivity (Wildman–Crippen MR) is 383 cm³/mol. The van der Waals surface area contributed by atoms with Crippen LogP contribution in [0, 0.1) is 0 Å². The molecule has 0 saturated carbocycles. The number of fused-ring (bicyclic) bond motifs is 13. The van der Waals surface area contributed by atoms with Crippen LogP contribution in [0.3, 0.4) is 0 Å². The summed E-state index contributed by atoms with van der Waals surface area (Å²) in [4.78, 5) is 0. The van der Waals surface area contributed by atoms with E-state index in [9.17, 15) is 26.0 Å². The third-order valence-corrected chi connectivity index (χ3v) is 14.8. The summed E-state index contributed by atoms with van der Waals surface area (Å²) in [6.45, 7) is 0. The number of furan rings is 2. The zero-order chi connectivity index (χ0) is 106. The first-order valence-electron chi connectivity index (χ1n) is 53.6. The van der Waals surface area contributed by atoms with Crippen LogP contribution in [-0.4, -0.2) is 0 Å². The van der Waals surface area contributed by atoms with Crippen molar-refractivity contribution in [1.82, 2.24) is 0 Å². The van der Waals surface area contributed by atoms with Crippen molar-refractivity contribution in [2.45, 2.75) is 0 Å². The van der Waals surface area contributed by atoms with Crippen LogP contribution in [0.1, 0.15) is 74.0 Å². The van der Waals surface area contributed by atoms with Crippen LogP contribution >= 0.6 is 0 Å². The van der Waals surface area contributed by atoms with Crippen LogP contribution in [0.25, 0.3) is 186 Å². The molecule has 0 spiro atoms. The first kappa shape index (κ1) is 20.9. The summed E-state index contributed by atoms with van der Waals surface area (Å²) in [6.07, 6.45) is 0. The Kier molecular flexibility index (Phi) is 4.87. The molecule has 0 unspecified atom stereocenters. The monoisotopic (exact) mass is 1200 g/mol. The van der Waals surface area contributed by atoms with Gasteiger partial charge in [0.2, 0.25) is 0 Å². The number of rotatable bonds is 6. The van der Waals surface area contributed by atoms with Gasteiger partial charge in [-0.3, -0.25) is 0 Å². The van der Waals surface area contributed by atoms with E-state index in [-0.39, 0.29) is 0 Å². The Balaban J connectivity index is 0.000000190. The van der Waals surface area contributed by atoms with Gasteiger partial charge in [-0.15, -0.1) is 0 Å². The maximum atomic E-state index is 9.89. The van der Waals surface area contributed by atoms with Gasteiger partial charge in [-0.2, -0.15) is 0 Å². The molecule has 2 heterocycles. The summed E-state index contributed by atoms with van der Waals surface area (Å²) < 4.78 is 498. The standard InChI is InChI=1S/C46H28O.C42H26O/c1-2-14-31-29(12-1)13-11-22-32(31)35-25-26-41(34-16-4-3-15-33(34)35)46-39-20-7-5-18-37(39)45(38-19-6-8-21-40(38)46)30-24-27-44-42(28-30)36-17-9-10-23-43(36)47-44;1-2-12-27(13-3-1)29-23-24-37(31-15-5-4-14-30(29)31)42-35-19-8-6-17-33(35)41(34-18-7-9-20-36(34)42)28-22-25-40-38(26-28)32-16-10-11-21-39(32)43-40/h1-28H;1-26H/i1D,2D,3D,4D,5D,6D,7D,8D,9D,10D,11D,12D,13D,14D,15D,16D,17D,18D,19D,20D,21D,22D,23D,24D,25D,26D,27D,28D;1D,2D,3D,4D,5D,6D,7D,8D,9D,10D,11D,12D,13D,14D,15D,16D,17D,18D,19D,20D,21D,22D,23D,24D,25D,26D. The van der Waals surface area contributed by atoms with Crippen LogP contribution in [0.5, 0.6) is 0 Å². The second kappa shape index (κ2) is 21.0. The average Bonchev–Trinajstić information content (AvgIpc) is 0.883. The minimum Gasteiger partial charge on any atom is -0.456 e. The fourth-order valence-corrected chi connectivity index (χ4v) is 11.1. The molecule has 0 aliphatic carbocycles. The summed E-state index contributed by atoms with van der Waals surface area (Å²) in [5.41, 5.74) is -11.3. The predicted octanol–water partition coefficient (Wildman–Crippen LogP) is 25.2. The van der Waals surface area contributed by atoms with E-state index in [1.807, 2.05) is 0 Å². The summed E-state index contributed by atoms with van der Waals surface area (Å²) in [7, 11) is 0. The number of benzene rings is 17. The zero-order valence-electron chi connectivity index (χ0n) is 98.8. The van der Waals surface area contributed by atoms with E-state index in [0.29, 0.717) is 0 Å². The van der Waals surface area contributed by atoms with Crippen LogP contribution in [0.2, 0.25) is 0 Å². The smallest absolute Gasteiger partial charge is 0.135 e. The van der Waals surface area contributed by atoms with E-state index in [2.05, 4.69) is 0 Å². The van der Waals surface area contributed by atoms with Crippen molar-refractivity contribution < 1.29 is 82.9 Å². The lowest BCUT2D eigenvalue weighted by Crippen LogP contribution is -1.92. The summed E-state index contributed by atoms with van der Waals surface area (Å²) in [5, 5.41) is -12.1. The lowest BCUT2D eigenvalue weighted by atomic mass is 9.83. The second-order valence-electron chi connectivity index (χ2n) is 19.5. The van der Waals surface area contributed by atoms with Crippen LogP contribution in [0.4, 0.5) is 0 Å². The second-order valence-corrected chi connectivity index (χ2v) is 19.5. The molecule has 0 N–H and O–H groups in total. The molecule has 418 valence electrons. The van der Waals surface area contributed by atoms with Gasteiger partial charge < -0.3 is 8.83 Å². The fourth-order valence-electron chi connectivity index (χ4n) is 11.1. The van der Waals surface area contributed by atoms with Crippen molar-refractivity contribution in [1.29, 1.82) is 0 Å². The van der Waals surface area contributed by atoms with Crippen molar-refractivity contribution in [2.75, 3.05) is 0 Å². The molecular weight excluding hydrogens is 1090 g/mol. The maximum Gasteiger partial charge on any atom is 0.135 e. The zero-order valence-corrected chi connectivity index (χ0v) is 44.8. The molecule has 0 atom stereocenters. The fraction of sp³-hybridized carbons (Fsp3) is 0. The maximum absolute atomic E-state index is 9.89. The van der Waals surface area contributed by atoms with Gasteiger partial charge in [-0.05, 0) is 178 Å². The SMILES string of the molecule is [2H]c1c([2H])c([2H])c(-c2c([2H])c([2H])c(-c3c4c([2H])c([2H])c([2H])c([2H])c4c(-c4c([2H])c([2H])c5oc6c([2H])c([2H])c([2H])c([2H])c6c5c4[2H])c4c([2H])c([2H])c([2H])c([2H])c34)c3c([2H])c([2H])c([2H])c([2H])c23)c([2H])c1[2H].[2H]c1c([2H])c([2H])c2c(oc3c([2H])c([2H])c(-c4c5c([2H])c([2H])c([2H])c([2H])c5c(-c5c([2H])c([2H])c(-c6c([2H])c([2H])c([2H])c7c([2H])c([2H])c([2H])c([2H])c67)c6c([2H])c([2H])c([2H])c([2H])c56)c5c([2H])c([2H])c([2H])c([2H])c45)c([2H])c32)c1[2H]. The van der Waals surface area contributed by atoms with E-state index < -0.39 is 512 Å². The van der Waals surface area contributed by atoms with E-state index in [1.54, 1.807) is 0 Å². The Morgan fingerprint density at radius 3 is 0.922 bits per heavy atom. The number of hydrogen-bond acceptors (Lipinski definition) is 2. The molecule has 2 heteroatoms. The number of hydrogen-bond donors (Lipinski definition) is 0. The minimum atomic E-state index is -1.12. The van der Waals surface area contributed by atoms with Crippen LogP contribution < -0.4 is 0 Å². The van der Waals surface area contributed by atoms with Gasteiger partial charge in [0.1, 0.15) is 22.3 Å². The molecule has 0 fully saturated rings. The number of para-hydroxylation sites is 2. The summed E-state index contributed by atoms with van der Waals surface area (Å²) in [5.74, 6) is 0. The molecule has 17 aromatic carbocycles. The van der Waals surface area contributed by atoms with Crippen LogP contribution in [0.15, 0.2) is 335 Å². The molecule has 2 aromatic heterocycles. The average molecular weight is 1200 g/mol. The van der Waals surface area contributed by atoms with E-state index in [0.717, 1.165) is 0 Å². The highest BCUT2D eigenvalue weighted by molar-refractivity contribution is 6.27. The lowest BCUT2D eigenvalue weighted by molar-refractivity contribution is 0.668. The van der Waals surface area contributed by atoms with E-state index >= 15 is 0 Å². The van der Waals surface area contributed by atoms with E-state index in [4.69, 9.17) is 56.8 Å². The third kappa shape index (κ3) is 8.19. The Morgan fingerprint density at radius 1 is 0.167 bits per heavy atom. The van der Waals surface area contributed by atoms with Crippen molar-refractivity contribution in [3.63, 3.8) is 0 Å². The molecule has 2 nitrogen and oxygen atoms in total. The van der Waals surface area contributed by atoms with Crippen molar-refractivity contribution in [3.05, 3.63) is 326 Å². The molecule has 0 saturated heterocycles. The highest BCUT2D eigenvalue weighted by atomic mass is 16.3. The normalized spacial score (nSPS) is 20.2. The van der Waals surface area contributed by atoms with Gasteiger partial charge in [-0.1, -0.05) is 290 Å². The molecule has 19 aromatic rings. The summed E-state index contributed by atoms with van der Waals surface area (Å²) >= 11 is 0. The topological polar surface area (TPSA) is 26.3 Å². The highest BCUT2D eigenvalue weighted by Crippen LogP contribution is 2.50. The first-order chi connectivity index (χ1) is 67.1. The Morgan fingerprint density at radius 2 is 0.467 bits per heavy atom. The minimum absolute atomic E-state index is 0.425. The molecule has 19 rings (SSSR count). The molecule has 90 heavy (non-hydrogen) atoms. The van der Waals surface area contributed by atoms with Crippen LogP contribution in [-0.2, 0) is 0 Å². The van der Waals surface area contributed by atoms with Crippen molar-refractivity contribution in [2.24, 2.45) is 0 Å². The largest absolute Gasteiger partial charge is 0.456 e. The molecule has 0 bridgehead atoms. The van der Waals surface area contributed by atoms with Gasteiger partial charge >= 0.3 is 0 Å². The Labute approximate surface area is 595 Å². The van der Waals surface area contributed by atoms with Gasteiger partial charge in [0.15, 0.2) is 0 Å². The molecule has 0 aliphatic rings. The van der Waals surface area contributed by atoms with Crippen molar-refractivity contribution in [3.8, 4) is 66.8 Å². The Bertz CT molecular complexity index is 9280. The van der Waals surface area contributed by atoms with Gasteiger partial charge in [0, 0.05) is 21.5 Å². The van der Waals surface area contributed by atoms with Gasteiger partial charge in [0.05, 0.1) is 74.0 Å². The first-order valence-corrected chi connectivity index (χ1v) is 26.6. The Hall–Kier alpha value is -11.8. The highest BCUT2D eigenvalue weighted by Gasteiger charge is 2.23. The molecular formula is C88H54O2.